The molecule has 1 aromatic carbocycles. The molecule has 2 nitrogen and oxygen atoms in total. The van der Waals surface area contributed by atoms with E-state index in [0.717, 1.165) is 35.1 Å². The molecule has 1 N–H and O–H groups in total. The summed E-state index contributed by atoms with van der Waals surface area (Å²) in [5.41, 5.74) is 1.98. The van der Waals surface area contributed by atoms with Gasteiger partial charge in [-0.05, 0) is 30.7 Å². The van der Waals surface area contributed by atoms with Crippen LogP contribution < -0.4 is 5.32 Å². The number of nitrogens with one attached hydrogen (secondary N) is 1. The minimum atomic E-state index is 0.733. The zero-order chi connectivity index (χ0) is 12.1. The fraction of sp³-hybridized carbons (Fsp3) is 0.214. The van der Waals surface area contributed by atoms with E-state index in [-0.39, 0.29) is 0 Å². The molecule has 0 unspecified atom stereocenters. The Bertz CT molecular complexity index is 497. The fourth-order valence-corrected chi connectivity index (χ4v) is 1.79. The van der Waals surface area contributed by atoms with Crippen molar-refractivity contribution in [2.75, 3.05) is 11.9 Å². The summed E-state index contributed by atoms with van der Waals surface area (Å²) in [7, 11) is 0. The standard InChI is InChI=1S/C14H15ClN2/c1-2-9-16-14-8-4-7-13(17-14)11-5-3-6-12(15)10-11/h3-8,10H,2,9H2,1H3,(H,16,17). The van der Waals surface area contributed by atoms with Crippen LogP contribution >= 0.6 is 11.6 Å². The Hall–Kier alpha value is -1.54. The molecule has 2 rings (SSSR count). The molecule has 17 heavy (non-hydrogen) atoms. The molecular formula is C14H15ClN2. The van der Waals surface area contributed by atoms with E-state index in [4.69, 9.17) is 11.6 Å². The predicted octanol–water partition coefficient (Wildman–Crippen LogP) is 4.22. The van der Waals surface area contributed by atoms with Gasteiger partial charge in [0.1, 0.15) is 5.82 Å². The van der Waals surface area contributed by atoms with Crippen LogP contribution in [0.4, 0.5) is 5.82 Å². The minimum Gasteiger partial charge on any atom is -0.370 e. The Morgan fingerprint density at radius 3 is 2.76 bits per heavy atom. The molecule has 1 aromatic heterocycles. The van der Waals surface area contributed by atoms with Crippen LogP contribution in [0.1, 0.15) is 13.3 Å². The lowest BCUT2D eigenvalue weighted by molar-refractivity contribution is 0.970. The Labute approximate surface area is 107 Å². The van der Waals surface area contributed by atoms with Crippen molar-refractivity contribution in [1.29, 1.82) is 0 Å². The normalized spacial score (nSPS) is 10.2. The van der Waals surface area contributed by atoms with Crippen LogP contribution in [0.3, 0.4) is 0 Å². The van der Waals surface area contributed by atoms with Gasteiger partial charge in [-0.3, -0.25) is 0 Å². The van der Waals surface area contributed by atoms with E-state index in [1.54, 1.807) is 0 Å². The molecule has 0 spiro atoms. The van der Waals surface area contributed by atoms with Gasteiger partial charge >= 0.3 is 0 Å². The highest BCUT2D eigenvalue weighted by Gasteiger charge is 2.01. The molecule has 0 atom stereocenters. The molecule has 0 bridgehead atoms. The van der Waals surface area contributed by atoms with Crippen molar-refractivity contribution in [3.05, 3.63) is 47.5 Å². The van der Waals surface area contributed by atoms with Gasteiger partial charge in [-0.25, -0.2) is 4.98 Å². The number of anilines is 1. The van der Waals surface area contributed by atoms with Crippen LogP contribution in [0, 0.1) is 0 Å². The molecule has 0 aliphatic rings. The molecule has 88 valence electrons. The number of halogens is 1. The van der Waals surface area contributed by atoms with Gasteiger partial charge in [-0.15, -0.1) is 0 Å². The largest absolute Gasteiger partial charge is 0.370 e. The van der Waals surface area contributed by atoms with E-state index in [2.05, 4.69) is 17.2 Å². The van der Waals surface area contributed by atoms with Crippen LogP contribution in [0.15, 0.2) is 42.5 Å². The van der Waals surface area contributed by atoms with E-state index < -0.39 is 0 Å². The van der Waals surface area contributed by atoms with Gasteiger partial charge in [0.05, 0.1) is 5.69 Å². The molecule has 1 heterocycles. The monoisotopic (exact) mass is 246 g/mol. The number of benzene rings is 1. The summed E-state index contributed by atoms with van der Waals surface area (Å²) >= 11 is 5.97. The van der Waals surface area contributed by atoms with E-state index >= 15 is 0 Å². The molecule has 0 aliphatic heterocycles. The first-order chi connectivity index (χ1) is 8.29. The highest BCUT2D eigenvalue weighted by molar-refractivity contribution is 6.30. The lowest BCUT2D eigenvalue weighted by Gasteiger charge is -2.06. The summed E-state index contributed by atoms with van der Waals surface area (Å²) in [6.07, 6.45) is 1.09. The molecule has 0 radical (unpaired) electrons. The highest BCUT2D eigenvalue weighted by Crippen LogP contribution is 2.21. The summed E-state index contributed by atoms with van der Waals surface area (Å²) < 4.78 is 0. The maximum atomic E-state index is 5.97. The van der Waals surface area contributed by atoms with Gasteiger partial charge in [0, 0.05) is 17.1 Å². The van der Waals surface area contributed by atoms with Crippen LogP contribution in [-0.2, 0) is 0 Å². The van der Waals surface area contributed by atoms with Gasteiger partial charge in [0.15, 0.2) is 0 Å². The first-order valence-electron chi connectivity index (χ1n) is 5.76. The molecule has 0 saturated carbocycles. The van der Waals surface area contributed by atoms with Gasteiger partial charge in [-0.2, -0.15) is 0 Å². The van der Waals surface area contributed by atoms with Gasteiger partial charge in [-0.1, -0.05) is 36.7 Å². The second kappa shape index (κ2) is 5.69. The predicted molar refractivity (Wildman–Crippen MR) is 73.5 cm³/mol. The third kappa shape index (κ3) is 3.21. The molecule has 0 fully saturated rings. The first kappa shape index (κ1) is 11.9. The highest BCUT2D eigenvalue weighted by atomic mass is 35.5. The van der Waals surface area contributed by atoms with E-state index in [9.17, 15) is 0 Å². The zero-order valence-electron chi connectivity index (χ0n) is 9.78. The second-order valence-corrected chi connectivity index (χ2v) is 4.28. The Balaban J connectivity index is 2.26. The number of aromatic nitrogens is 1. The number of hydrogen-bond acceptors (Lipinski definition) is 2. The van der Waals surface area contributed by atoms with Crippen molar-refractivity contribution < 1.29 is 0 Å². The summed E-state index contributed by atoms with van der Waals surface area (Å²) in [5.74, 6) is 0.907. The Morgan fingerprint density at radius 2 is 2.00 bits per heavy atom. The summed E-state index contributed by atoms with van der Waals surface area (Å²) in [6, 6.07) is 13.7. The number of rotatable bonds is 4. The van der Waals surface area contributed by atoms with Crippen molar-refractivity contribution in [3.63, 3.8) is 0 Å². The molecule has 0 saturated heterocycles. The van der Waals surface area contributed by atoms with Crippen LogP contribution in [0.2, 0.25) is 5.02 Å². The maximum Gasteiger partial charge on any atom is 0.126 e. The second-order valence-electron chi connectivity index (χ2n) is 3.85. The first-order valence-corrected chi connectivity index (χ1v) is 6.14. The van der Waals surface area contributed by atoms with E-state index in [0.29, 0.717) is 0 Å². The average molecular weight is 247 g/mol. The molecule has 3 heteroatoms. The van der Waals surface area contributed by atoms with Gasteiger partial charge in [0.25, 0.3) is 0 Å². The fourth-order valence-electron chi connectivity index (χ4n) is 1.59. The topological polar surface area (TPSA) is 24.9 Å². The molecule has 0 amide bonds. The van der Waals surface area contributed by atoms with Crippen LogP contribution in [-0.4, -0.2) is 11.5 Å². The molecule has 0 aliphatic carbocycles. The minimum absolute atomic E-state index is 0.733. The zero-order valence-corrected chi connectivity index (χ0v) is 10.5. The summed E-state index contributed by atoms with van der Waals surface area (Å²) in [4.78, 5) is 4.55. The van der Waals surface area contributed by atoms with Gasteiger partial charge in [0.2, 0.25) is 0 Å². The number of nitrogens with zero attached hydrogens (tertiary/aromatic N) is 1. The lowest BCUT2D eigenvalue weighted by Crippen LogP contribution is -2.01. The van der Waals surface area contributed by atoms with E-state index in [1.165, 1.54) is 0 Å². The van der Waals surface area contributed by atoms with Crippen molar-refractivity contribution in [2.24, 2.45) is 0 Å². The van der Waals surface area contributed by atoms with Crippen LogP contribution in [0.25, 0.3) is 11.3 Å². The quantitative estimate of drug-likeness (QED) is 0.874. The third-order valence-electron chi connectivity index (χ3n) is 2.43. The average Bonchev–Trinajstić information content (AvgIpc) is 2.37. The number of hydrogen-bond donors (Lipinski definition) is 1. The van der Waals surface area contributed by atoms with Crippen molar-refractivity contribution in [1.82, 2.24) is 4.98 Å². The van der Waals surface area contributed by atoms with Crippen LogP contribution in [0.5, 0.6) is 0 Å². The van der Waals surface area contributed by atoms with Crippen molar-refractivity contribution in [3.8, 4) is 11.3 Å². The molecular weight excluding hydrogens is 232 g/mol. The van der Waals surface area contributed by atoms with Gasteiger partial charge < -0.3 is 5.32 Å². The number of pyridine rings is 1. The van der Waals surface area contributed by atoms with E-state index in [1.807, 2.05) is 42.5 Å². The smallest absolute Gasteiger partial charge is 0.126 e. The maximum absolute atomic E-state index is 5.97. The third-order valence-corrected chi connectivity index (χ3v) is 2.66. The van der Waals surface area contributed by atoms with Crippen molar-refractivity contribution in [2.45, 2.75) is 13.3 Å². The van der Waals surface area contributed by atoms with Crippen molar-refractivity contribution >= 4 is 17.4 Å². The summed E-state index contributed by atoms with van der Waals surface area (Å²) in [5, 5.41) is 4.01. The Morgan fingerprint density at radius 1 is 1.18 bits per heavy atom. The lowest BCUT2D eigenvalue weighted by atomic mass is 10.1. The Kier molecular flexibility index (Phi) is 3.99. The summed E-state index contributed by atoms with van der Waals surface area (Å²) in [6.45, 7) is 3.07. The molecule has 2 aromatic rings. The SMILES string of the molecule is CCCNc1cccc(-c2cccc(Cl)c2)n1.